The Labute approximate surface area is 150 Å². The molecule has 0 bridgehead atoms. The number of nitrogens with two attached hydrogens (primary N) is 1. The van der Waals surface area contributed by atoms with Crippen molar-refractivity contribution in [2.75, 3.05) is 13.6 Å². The molecule has 0 aliphatic heterocycles. The predicted octanol–water partition coefficient (Wildman–Crippen LogP) is 3.69. The molecule has 0 aliphatic rings. The highest BCUT2D eigenvalue weighted by atomic mass is 35.5. The molecule has 130 valence electrons. The first-order valence-electron chi connectivity index (χ1n) is 7.34. The van der Waals surface area contributed by atoms with Crippen molar-refractivity contribution in [3.63, 3.8) is 0 Å². The van der Waals surface area contributed by atoms with Crippen LogP contribution in [-0.4, -0.2) is 35.4 Å². The van der Waals surface area contributed by atoms with Crippen LogP contribution in [0, 0.1) is 12.8 Å². The number of hydrogen-bond acceptors (Lipinski definition) is 4. The van der Waals surface area contributed by atoms with Crippen LogP contribution in [0.15, 0.2) is 0 Å². The molecule has 1 amide bonds. The van der Waals surface area contributed by atoms with Gasteiger partial charge in [-0.05, 0) is 32.1 Å². The van der Waals surface area contributed by atoms with E-state index in [9.17, 15) is 4.79 Å². The van der Waals surface area contributed by atoms with Gasteiger partial charge in [-0.25, -0.2) is 4.98 Å². The normalized spacial score (nSPS) is 11.6. The zero-order valence-corrected chi connectivity index (χ0v) is 16.5. The molecule has 4 nitrogen and oxygen atoms in total. The number of amides is 1. The fourth-order valence-electron chi connectivity index (χ4n) is 1.92. The zero-order valence-electron chi connectivity index (χ0n) is 14.1. The van der Waals surface area contributed by atoms with Crippen LogP contribution in [-0.2, 0) is 6.42 Å². The summed E-state index contributed by atoms with van der Waals surface area (Å²) in [5.74, 6) is 0.512. The van der Waals surface area contributed by atoms with E-state index in [4.69, 9.17) is 5.73 Å². The molecule has 0 fully saturated rings. The van der Waals surface area contributed by atoms with Crippen LogP contribution in [0.5, 0.6) is 0 Å². The van der Waals surface area contributed by atoms with Crippen molar-refractivity contribution in [3.05, 3.63) is 15.6 Å². The molecule has 7 heteroatoms. The first kappa shape index (κ1) is 23.9. The molecule has 0 aromatic carbocycles. The Morgan fingerprint density at radius 3 is 2.45 bits per heavy atom. The van der Waals surface area contributed by atoms with Gasteiger partial charge >= 0.3 is 0 Å². The van der Waals surface area contributed by atoms with Crippen molar-refractivity contribution in [2.45, 2.75) is 53.0 Å². The van der Waals surface area contributed by atoms with Gasteiger partial charge in [-0.1, -0.05) is 20.8 Å². The summed E-state index contributed by atoms with van der Waals surface area (Å²) in [7, 11) is 1.84. The maximum atomic E-state index is 12.4. The lowest BCUT2D eigenvalue weighted by Gasteiger charge is -2.21. The lowest BCUT2D eigenvalue weighted by molar-refractivity contribution is 0.0793. The van der Waals surface area contributed by atoms with E-state index in [1.807, 2.05) is 14.0 Å². The second kappa shape index (κ2) is 11.2. The van der Waals surface area contributed by atoms with E-state index in [-0.39, 0.29) is 36.8 Å². The van der Waals surface area contributed by atoms with E-state index in [0.717, 1.165) is 34.8 Å². The number of aryl methyl sites for hydroxylation is 2. The molecular formula is C15H29Cl2N3OS. The minimum Gasteiger partial charge on any atom is -0.341 e. The van der Waals surface area contributed by atoms with Crippen LogP contribution in [0.25, 0.3) is 0 Å². The Morgan fingerprint density at radius 1 is 1.36 bits per heavy atom. The lowest BCUT2D eigenvalue weighted by Crippen LogP contribution is -2.34. The quantitative estimate of drug-likeness (QED) is 0.796. The van der Waals surface area contributed by atoms with Gasteiger partial charge in [-0.2, -0.15) is 0 Å². The third-order valence-corrected chi connectivity index (χ3v) is 4.71. The van der Waals surface area contributed by atoms with Crippen LogP contribution in [0.1, 0.15) is 54.0 Å². The van der Waals surface area contributed by atoms with Crippen LogP contribution >= 0.6 is 36.2 Å². The second-order valence-electron chi connectivity index (χ2n) is 5.70. The van der Waals surface area contributed by atoms with Crippen molar-refractivity contribution < 1.29 is 4.79 Å². The first-order chi connectivity index (χ1) is 9.36. The van der Waals surface area contributed by atoms with Gasteiger partial charge < -0.3 is 10.6 Å². The molecule has 1 aromatic rings. The largest absolute Gasteiger partial charge is 0.341 e. The van der Waals surface area contributed by atoms with Crippen molar-refractivity contribution >= 4 is 42.1 Å². The molecule has 0 saturated carbocycles. The molecule has 1 aromatic heterocycles. The van der Waals surface area contributed by atoms with E-state index >= 15 is 0 Å². The van der Waals surface area contributed by atoms with E-state index in [0.29, 0.717) is 12.5 Å². The number of thiazole rings is 1. The number of hydrogen-bond donors (Lipinski definition) is 1. The molecule has 2 N–H and O–H groups in total. The summed E-state index contributed by atoms with van der Waals surface area (Å²) in [4.78, 5) is 19.4. The van der Waals surface area contributed by atoms with Gasteiger partial charge in [0.2, 0.25) is 0 Å². The zero-order chi connectivity index (χ0) is 15.3. The third kappa shape index (κ3) is 6.82. The topological polar surface area (TPSA) is 59.2 Å². The van der Waals surface area contributed by atoms with Crippen LogP contribution < -0.4 is 5.73 Å². The first-order valence-corrected chi connectivity index (χ1v) is 8.15. The Kier molecular flexibility index (Phi) is 12.2. The summed E-state index contributed by atoms with van der Waals surface area (Å²) in [6.07, 6.45) is 2.83. The average molecular weight is 370 g/mol. The van der Waals surface area contributed by atoms with E-state index in [1.165, 1.54) is 11.3 Å². The maximum absolute atomic E-state index is 12.4. The highest BCUT2D eigenvalue weighted by Gasteiger charge is 2.19. The third-order valence-electron chi connectivity index (χ3n) is 3.50. The van der Waals surface area contributed by atoms with Gasteiger partial charge in [0.25, 0.3) is 5.91 Å². The predicted molar refractivity (Wildman–Crippen MR) is 99.7 cm³/mol. The van der Waals surface area contributed by atoms with Crippen molar-refractivity contribution in [1.29, 1.82) is 0 Å². The number of nitrogens with zero attached hydrogens (tertiary/aromatic N) is 2. The fourth-order valence-corrected chi connectivity index (χ4v) is 3.08. The highest BCUT2D eigenvalue weighted by molar-refractivity contribution is 7.13. The standard InChI is InChI=1S/C15H27N3OS.2ClH/c1-6-7-13-17-11(4)14(20-13)15(19)18(5)9-8-12(16)10(2)3;;/h10,12H,6-9,16H2,1-5H3;2*1H. The summed E-state index contributed by atoms with van der Waals surface area (Å²) < 4.78 is 0. The summed E-state index contributed by atoms with van der Waals surface area (Å²) >= 11 is 1.53. The van der Waals surface area contributed by atoms with Gasteiger partial charge in [-0.15, -0.1) is 36.2 Å². The molecule has 22 heavy (non-hydrogen) atoms. The summed E-state index contributed by atoms with van der Waals surface area (Å²) in [6.45, 7) is 8.95. The van der Waals surface area contributed by atoms with E-state index in [1.54, 1.807) is 4.90 Å². The average Bonchev–Trinajstić information content (AvgIpc) is 2.75. The second-order valence-corrected chi connectivity index (χ2v) is 6.78. The van der Waals surface area contributed by atoms with E-state index in [2.05, 4.69) is 25.8 Å². The smallest absolute Gasteiger partial charge is 0.265 e. The summed E-state index contributed by atoms with van der Waals surface area (Å²) in [6, 6.07) is 0.142. The fraction of sp³-hybridized carbons (Fsp3) is 0.733. The Balaban J connectivity index is 0. The Hall–Kier alpha value is -0.360. The van der Waals surface area contributed by atoms with Crippen molar-refractivity contribution in [1.82, 2.24) is 9.88 Å². The maximum Gasteiger partial charge on any atom is 0.265 e. The molecule has 0 spiro atoms. The van der Waals surface area contributed by atoms with Gasteiger partial charge in [0.1, 0.15) is 4.88 Å². The Morgan fingerprint density at radius 2 is 1.95 bits per heavy atom. The monoisotopic (exact) mass is 369 g/mol. The minimum absolute atomic E-state index is 0. The number of rotatable bonds is 7. The number of carbonyl (C=O) groups is 1. The minimum atomic E-state index is 0. The van der Waals surface area contributed by atoms with Crippen molar-refractivity contribution in [3.8, 4) is 0 Å². The molecule has 1 heterocycles. The van der Waals surface area contributed by atoms with Gasteiger partial charge in [-0.3, -0.25) is 4.79 Å². The number of halogens is 2. The molecule has 0 saturated heterocycles. The van der Waals surface area contributed by atoms with Gasteiger partial charge in [0.15, 0.2) is 0 Å². The van der Waals surface area contributed by atoms with Crippen LogP contribution in [0.2, 0.25) is 0 Å². The molecule has 1 rings (SSSR count). The van der Waals surface area contributed by atoms with Gasteiger partial charge in [0, 0.05) is 19.6 Å². The molecule has 0 aliphatic carbocycles. The summed E-state index contributed by atoms with van der Waals surface area (Å²) in [5, 5.41) is 1.06. The lowest BCUT2D eigenvalue weighted by atomic mass is 10.0. The van der Waals surface area contributed by atoms with Crippen LogP contribution in [0.4, 0.5) is 0 Å². The molecule has 1 unspecified atom stereocenters. The summed E-state index contributed by atoms with van der Waals surface area (Å²) in [5.41, 5.74) is 6.88. The van der Waals surface area contributed by atoms with E-state index < -0.39 is 0 Å². The molecule has 1 atom stereocenters. The SMILES string of the molecule is CCCc1nc(C)c(C(=O)N(C)CCC(N)C(C)C)s1.Cl.Cl. The molecular weight excluding hydrogens is 341 g/mol. The van der Waals surface area contributed by atoms with Crippen molar-refractivity contribution in [2.24, 2.45) is 11.7 Å². The molecule has 0 radical (unpaired) electrons. The highest BCUT2D eigenvalue weighted by Crippen LogP contribution is 2.21. The van der Waals surface area contributed by atoms with Crippen LogP contribution in [0.3, 0.4) is 0 Å². The number of aromatic nitrogens is 1. The number of carbonyl (C=O) groups excluding carboxylic acids is 1. The Bertz CT molecular complexity index is 452. The van der Waals surface area contributed by atoms with Gasteiger partial charge in [0.05, 0.1) is 10.7 Å².